The highest BCUT2D eigenvalue weighted by atomic mass is 35.5. The molecule has 0 radical (unpaired) electrons. The lowest BCUT2D eigenvalue weighted by atomic mass is 10.2. The lowest BCUT2D eigenvalue weighted by Crippen LogP contribution is -2.44. The zero-order chi connectivity index (χ0) is 16.2. The number of piperazine rings is 1. The molecule has 6 nitrogen and oxygen atoms in total. The SMILES string of the molecule is CC(C)COc1ccc(-c2nc(C3CNCCN3C)no2)cc1.Cl. The average molecular weight is 353 g/mol. The van der Waals surface area contributed by atoms with E-state index in [1.165, 1.54) is 0 Å². The maximum atomic E-state index is 5.69. The summed E-state index contributed by atoms with van der Waals surface area (Å²) in [6.07, 6.45) is 0. The third-order valence-electron chi connectivity index (χ3n) is 3.94. The van der Waals surface area contributed by atoms with E-state index in [0.29, 0.717) is 18.4 Å². The number of nitrogens with one attached hydrogen (secondary N) is 1. The van der Waals surface area contributed by atoms with Crippen LogP contribution in [0.1, 0.15) is 25.7 Å². The normalized spacial score (nSPS) is 18.4. The topological polar surface area (TPSA) is 63.4 Å². The highest BCUT2D eigenvalue weighted by Gasteiger charge is 2.25. The smallest absolute Gasteiger partial charge is 0.257 e. The van der Waals surface area contributed by atoms with Gasteiger partial charge in [0.2, 0.25) is 0 Å². The molecule has 1 aromatic heterocycles. The van der Waals surface area contributed by atoms with Gasteiger partial charge >= 0.3 is 0 Å². The van der Waals surface area contributed by atoms with Crippen molar-refractivity contribution < 1.29 is 9.26 Å². The van der Waals surface area contributed by atoms with Gasteiger partial charge in [-0.1, -0.05) is 19.0 Å². The predicted octanol–water partition coefficient (Wildman–Crippen LogP) is 2.77. The second-order valence-corrected chi connectivity index (χ2v) is 6.39. The van der Waals surface area contributed by atoms with Crippen molar-refractivity contribution in [3.05, 3.63) is 30.1 Å². The molecule has 0 amide bonds. The van der Waals surface area contributed by atoms with Gasteiger partial charge in [-0.15, -0.1) is 12.4 Å². The van der Waals surface area contributed by atoms with Crippen LogP contribution in [0, 0.1) is 5.92 Å². The molecular formula is C17H25ClN4O2. The summed E-state index contributed by atoms with van der Waals surface area (Å²) < 4.78 is 11.1. The minimum absolute atomic E-state index is 0. The van der Waals surface area contributed by atoms with E-state index in [9.17, 15) is 0 Å². The molecule has 24 heavy (non-hydrogen) atoms. The molecule has 1 N–H and O–H groups in total. The van der Waals surface area contributed by atoms with E-state index >= 15 is 0 Å². The Labute approximate surface area is 149 Å². The van der Waals surface area contributed by atoms with Gasteiger partial charge in [0.1, 0.15) is 5.75 Å². The fraction of sp³-hybridized carbons (Fsp3) is 0.529. The molecular weight excluding hydrogens is 328 g/mol. The van der Waals surface area contributed by atoms with E-state index < -0.39 is 0 Å². The zero-order valence-electron chi connectivity index (χ0n) is 14.4. The molecule has 1 fully saturated rings. The highest BCUT2D eigenvalue weighted by molar-refractivity contribution is 5.85. The first-order valence-electron chi connectivity index (χ1n) is 8.11. The molecule has 0 bridgehead atoms. The Hall–Kier alpha value is -1.63. The van der Waals surface area contributed by atoms with Crippen LogP contribution in [0.15, 0.2) is 28.8 Å². The predicted molar refractivity (Wildman–Crippen MR) is 95.6 cm³/mol. The first-order valence-corrected chi connectivity index (χ1v) is 8.11. The van der Waals surface area contributed by atoms with E-state index in [2.05, 4.69) is 41.3 Å². The third kappa shape index (κ3) is 4.47. The summed E-state index contributed by atoms with van der Waals surface area (Å²) in [7, 11) is 2.09. The number of nitrogens with zero attached hydrogens (tertiary/aromatic N) is 3. The van der Waals surface area contributed by atoms with E-state index in [-0.39, 0.29) is 18.4 Å². The second kappa shape index (κ2) is 8.46. The second-order valence-electron chi connectivity index (χ2n) is 6.39. The van der Waals surface area contributed by atoms with Crippen molar-refractivity contribution in [3.63, 3.8) is 0 Å². The Balaban J connectivity index is 0.00000208. The number of aromatic nitrogens is 2. The summed E-state index contributed by atoms with van der Waals surface area (Å²) in [4.78, 5) is 6.80. The minimum atomic E-state index is 0. The molecule has 2 heterocycles. The first-order chi connectivity index (χ1) is 11.1. The average Bonchev–Trinajstić information content (AvgIpc) is 3.03. The molecule has 7 heteroatoms. The molecule has 1 saturated heterocycles. The van der Waals surface area contributed by atoms with Gasteiger partial charge in [-0.25, -0.2) is 0 Å². The fourth-order valence-corrected chi connectivity index (χ4v) is 2.54. The molecule has 2 aromatic rings. The van der Waals surface area contributed by atoms with Crippen LogP contribution in [0.5, 0.6) is 5.75 Å². The number of hydrogen-bond acceptors (Lipinski definition) is 6. The van der Waals surface area contributed by atoms with Crippen LogP contribution in [0.2, 0.25) is 0 Å². The highest BCUT2D eigenvalue weighted by Crippen LogP contribution is 2.24. The van der Waals surface area contributed by atoms with Crippen molar-refractivity contribution in [1.82, 2.24) is 20.4 Å². The number of hydrogen-bond donors (Lipinski definition) is 1. The van der Waals surface area contributed by atoms with Crippen LogP contribution in [-0.2, 0) is 0 Å². The quantitative estimate of drug-likeness (QED) is 0.892. The standard InChI is InChI=1S/C17H24N4O2.ClH/c1-12(2)11-22-14-6-4-13(5-7-14)17-19-16(20-23-17)15-10-18-8-9-21(15)3;/h4-7,12,15,18H,8-11H2,1-3H3;1H. The van der Waals surface area contributed by atoms with E-state index in [1.54, 1.807) is 0 Å². The summed E-state index contributed by atoms with van der Waals surface area (Å²) in [5.74, 6) is 2.65. The Bertz CT molecular complexity index is 630. The van der Waals surface area contributed by atoms with Crippen LogP contribution >= 0.6 is 12.4 Å². The van der Waals surface area contributed by atoms with Gasteiger partial charge in [-0.05, 0) is 37.2 Å². The van der Waals surface area contributed by atoms with Gasteiger partial charge in [0.05, 0.1) is 12.6 Å². The summed E-state index contributed by atoms with van der Waals surface area (Å²) in [5, 5.41) is 7.51. The van der Waals surface area contributed by atoms with Gasteiger partial charge in [0.25, 0.3) is 5.89 Å². The molecule has 1 aromatic carbocycles. The summed E-state index contributed by atoms with van der Waals surface area (Å²) in [5.41, 5.74) is 0.909. The summed E-state index contributed by atoms with van der Waals surface area (Å²) in [6.45, 7) is 7.80. The monoisotopic (exact) mass is 352 g/mol. The number of ether oxygens (including phenoxy) is 1. The van der Waals surface area contributed by atoms with Crippen LogP contribution in [-0.4, -0.2) is 48.3 Å². The minimum Gasteiger partial charge on any atom is -0.493 e. The number of benzene rings is 1. The van der Waals surface area contributed by atoms with Crippen LogP contribution in [0.4, 0.5) is 0 Å². The fourth-order valence-electron chi connectivity index (χ4n) is 2.54. The maximum Gasteiger partial charge on any atom is 0.257 e. The van der Waals surface area contributed by atoms with Crippen molar-refractivity contribution >= 4 is 12.4 Å². The van der Waals surface area contributed by atoms with E-state index in [0.717, 1.165) is 36.8 Å². The number of rotatable bonds is 5. The molecule has 1 atom stereocenters. The van der Waals surface area contributed by atoms with E-state index in [4.69, 9.17) is 9.26 Å². The lowest BCUT2D eigenvalue weighted by molar-refractivity contribution is 0.190. The molecule has 132 valence electrons. The van der Waals surface area contributed by atoms with Gasteiger partial charge in [-0.3, -0.25) is 4.90 Å². The number of halogens is 1. The third-order valence-corrected chi connectivity index (χ3v) is 3.94. The largest absolute Gasteiger partial charge is 0.493 e. The zero-order valence-corrected chi connectivity index (χ0v) is 15.2. The van der Waals surface area contributed by atoms with Gasteiger partial charge in [-0.2, -0.15) is 4.98 Å². The Morgan fingerprint density at radius 1 is 1.33 bits per heavy atom. The van der Waals surface area contributed by atoms with Gasteiger partial charge in [0, 0.05) is 25.2 Å². The van der Waals surface area contributed by atoms with Crippen molar-refractivity contribution in [2.75, 3.05) is 33.3 Å². The Morgan fingerprint density at radius 2 is 2.08 bits per heavy atom. The molecule has 1 unspecified atom stereocenters. The van der Waals surface area contributed by atoms with Crippen LogP contribution < -0.4 is 10.1 Å². The molecule has 1 aliphatic rings. The Kier molecular flexibility index (Phi) is 6.60. The molecule has 0 spiro atoms. The van der Waals surface area contributed by atoms with Crippen molar-refractivity contribution in [2.24, 2.45) is 5.92 Å². The summed E-state index contributed by atoms with van der Waals surface area (Å²) >= 11 is 0. The molecule has 3 rings (SSSR count). The van der Waals surface area contributed by atoms with Crippen LogP contribution in [0.25, 0.3) is 11.5 Å². The molecule has 1 aliphatic heterocycles. The molecule has 0 aliphatic carbocycles. The van der Waals surface area contributed by atoms with E-state index in [1.807, 2.05) is 24.3 Å². The van der Waals surface area contributed by atoms with Crippen molar-refractivity contribution in [2.45, 2.75) is 19.9 Å². The van der Waals surface area contributed by atoms with Gasteiger partial charge < -0.3 is 14.6 Å². The summed E-state index contributed by atoms with van der Waals surface area (Å²) in [6, 6.07) is 7.95. The molecule has 0 saturated carbocycles. The Morgan fingerprint density at radius 3 is 2.75 bits per heavy atom. The van der Waals surface area contributed by atoms with Crippen molar-refractivity contribution in [1.29, 1.82) is 0 Å². The van der Waals surface area contributed by atoms with Crippen LogP contribution in [0.3, 0.4) is 0 Å². The lowest BCUT2D eigenvalue weighted by Gasteiger charge is -2.30. The first kappa shape index (κ1) is 18.7. The van der Waals surface area contributed by atoms with Crippen molar-refractivity contribution in [3.8, 4) is 17.2 Å². The van der Waals surface area contributed by atoms with Gasteiger partial charge in [0.15, 0.2) is 5.82 Å². The maximum absolute atomic E-state index is 5.69. The number of likely N-dealkylation sites (N-methyl/N-ethyl adjacent to an activating group) is 1.